The van der Waals surface area contributed by atoms with E-state index < -0.39 is 17.9 Å². The van der Waals surface area contributed by atoms with Crippen molar-refractivity contribution < 1.29 is 22.7 Å². The minimum atomic E-state index is -4.84. The van der Waals surface area contributed by atoms with Gasteiger partial charge in [-0.15, -0.1) is 13.2 Å². The van der Waals surface area contributed by atoms with Crippen molar-refractivity contribution in [3.63, 3.8) is 0 Å². The molecule has 2 aromatic rings. The number of ketones is 1. The van der Waals surface area contributed by atoms with Crippen molar-refractivity contribution >= 4 is 28.4 Å². The van der Waals surface area contributed by atoms with E-state index in [0.717, 1.165) is 11.6 Å². The van der Waals surface area contributed by atoms with Crippen LogP contribution in [0.15, 0.2) is 42.5 Å². The van der Waals surface area contributed by atoms with E-state index in [4.69, 9.17) is 0 Å². The normalized spacial score (nSPS) is 11.3. The summed E-state index contributed by atoms with van der Waals surface area (Å²) in [5.74, 6) is -0.991. The molecule has 110 valence electrons. The summed E-state index contributed by atoms with van der Waals surface area (Å²) in [6, 6.07) is 10.4. The molecule has 6 heteroatoms. The molecule has 0 aliphatic carbocycles. The van der Waals surface area contributed by atoms with Crippen LogP contribution < -0.4 is 4.74 Å². The Balaban J connectivity index is 2.47. The zero-order chi connectivity index (χ0) is 15.6. The number of para-hydroxylation sites is 1. The summed E-state index contributed by atoms with van der Waals surface area (Å²) in [5.41, 5.74) is 1.13. The van der Waals surface area contributed by atoms with E-state index in [9.17, 15) is 18.0 Å². The summed E-state index contributed by atoms with van der Waals surface area (Å²) in [4.78, 5) is 12.5. The number of alkyl halides is 3. The molecule has 0 radical (unpaired) electrons. The molecule has 0 bridgehead atoms. The molecule has 0 unspecified atom stereocenters. The van der Waals surface area contributed by atoms with Gasteiger partial charge in [-0.25, -0.2) is 0 Å². The highest BCUT2D eigenvalue weighted by molar-refractivity contribution is 14.1. The highest BCUT2D eigenvalue weighted by Gasteiger charge is 2.33. The van der Waals surface area contributed by atoms with Crippen molar-refractivity contribution in [2.45, 2.75) is 13.3 Å². The quantitative estimate of drug-likeness (QED) is 0.545. The van der Waals surface area contributed by atoms with Crippen LogP contribution in [0.4, 0.5) is 13.2 Å². The zero-order valence-corrected chi connectivity index (χ0v) is 13.0. The third kappa shape index (κ3) is 3.75. The van der Waals surface area contributed by atoms with Gasteiger partial charge in [0, 0.05) is 9.13 Å². The smallest absolute Gasteiger partial charge is 0.405 e. The predicted molar refractivity (Wildman–Crippen MR) is 80.5 cm³/mol. The molecule has 0 aliphatic rings. The number of hydrogen-bond acceptors (Lipinski definition) is 2. The van der Waals surface area contributed by atoms with Gasteiger partial charge in [-0.1, -0.05) is 24.3 Å². The van der Waals surface area contributed by atoms with Crippen molar-refractivity contribution in [3.05, 3.63) is 62.7 Å². The number of halogens is 4. The molecule has 0 aliphatic heterocycles. The van der Waals surface area contributed by atoms with Crippen molar-refractivity contribution in [2.75, 3.05) is 0 Å². The molecule has 0 heterocycles. The first-order valence-electron chi connectivity index (χ1n) is 5.94. The van der Waals surface area contributed by atoms with Gasteiger partial charge < -0.3 is 4.74 Å². The maximum atomic E-state index is 12.5. The molecule has 2 rings (SSSR count). The molecule has 2 aromatic carbocycles. The van der Waals surface area contributed by atoms with E-state index in [1.165, 1.54) is 18.2 Å². The van der Waals surface area contributed by atoms with E-state index in [0.29, 0.717) is 9.13 Å². The van der Waals surface area contributed by atoms with Crippen LogP contribution in [0.3, 0.4) is 0 Å². The minimum absolute atomic E-state index is 0.113. The van der Waals surface area contributed by atoms with Crippen LogP contribution in [0, 0.1) is 10.5 Å². The standard InChI is InChI=1S/C15H10F3IO2/c1-9-5-4-7-11(13(9)19)14(20)10-6-2-3-8-12(10)21-15(16,17)18/h2-8H,1H3. The maximum Gasteiger partial charge on any atom is 0.573 e. The van der Waals surface area contributed by atoms with E-state index in [2.05, 4.69) is 4.74 Å². The molecular formula is C15H10F3IO2. The molecule has 0 aromatic heterocycles. The number of benzene rings is 2. The lowest BCUT2D eigenvalue weighted by Gasteiger charge is -2.13. The molecule has 0 amide bonds. The zero-order valence-electron chi connectivity index (χ0n) is 10.9. The van der Waals surface area contributed by atoms with E-state index >= 15 is 0 Å². The number of carbonyl (C=O) groups excluding carboxylic acids is 1. The van der Waals surface area contributed by atoms with Crippen molar-refractivity contribution in [2.24, 2.45) is 0 Å². The summed E-state index contributed by atoms with van der Waals surface area (Å²) in [7, 11) is 0. The van der Waals surface area contributed by atoms with Crippen molar-refractivity contribution in [1.82, 2.24) is 0 Å². The van der Waals surface area contributed by atoms with Crippen LogP contribution in [-0.2, 0) is 0 Å². The lowest BCUT2D eigenvalue weighted by Crippen LogP contribution is -2.19. The summed E-state index contributed by atoms with van der Waals surface area (Å²) >= 11 is 2.00. The average molecular weight is 406 g/mol. The third-order valence-corrected chi connectivity index (χ3v) is 4.23. The first-order chi connectivity index (χ1) is 9.79. The minimum Gasteiger partial charge on any atom is -0.405 e. The van der Waals surface area contributed by atoms with Gasteiger partial charge in [-0.2, -0.15) is 0 Å². The second kappa shape index (κ2) is 6.05. The topological polar surface area (TPSA) is 26.3 Å². The second-order valence-corrected chi connectivity index (χ2v) is 5.39. The Morgan fingerprint density at radius 1 is 1.05 bits per heavy atom. The molecule has 0 atom stereocenters. The molecule has 0 fully saturated rings. The molecule has 21 heavy (non-hydrogen) atoms. The average Bonchev–Trinajstić information content (AvgIpc) is 2.40. The SMILES string of the molecule is Cc1cccc(C(=O)c2ccccc2OC(F)(F)F)c1I. The van der Waals surface area contributed by atoms with Crippen LogP contribution in [0.25, 0.3) is 0 Å². The van der Waals surface area contributed by atoms with Crippen LogP contribution in [-0.4, -0.2) is 12.1 Å². The first kappa shape index (κ1) is 15.8. The number of aryl methyl sites for hydroxylation is 1. The van der Waals surface area contributed by atoms with Gasteiger partial charge in [0.1, 0.15) is 5.75 Å². The third-order valence-electron chi connectivity index (χ3n) is 2.79. The van der Waals surface area contributed by atoms with Gasteiger partial charge >= 0.3 is 6.36 Å². The van der Waals surface area contributed by atoms with Crippen LogP contribution in [0.1, 0.15) is 21.5 Å². The van der Waals surface area contributed by atoms with Crippen LogP contribution in [0.2, 0.25) is 0 Å². The van der Waals surface area contributed by atoms with Gasteiger partial charge in [0.25, 0.3) is 0 Å². The van der Waals surface area contributed by atoms with E-state index in [1.807, 2.05) is 35.6 Å². The highest BCUT2D eigenvalue weighted by Crippen LogP contribution is 2.29. The summed E-state index contributed by atoms with van der Waals surface area (Å²) in [6.45, 7) is 1.83. The number of rotatable bonds is 3. The van der Waals surface area contributed by atoms with Crippen molar-refractivity contribution in [3.8, 4) is 5.75 Å². The monoisotopic (exact) mass is 406 g/mol. The molecule has 0 saturated heterocycles. The lowest BCUT2D eigenvalue weighted by molar-refractivity contribution is -0.274. The summed E-state index contributed by atoms with van der Waals surface area (Å²) < 4.78 is 41.8. The Morgan fingerprint density at radius 3 is 2.33 bits per heavy atom. The van der Waals surface area contributed by atoms with E-state index in [1.54, 1.807) is 12.1 Å². The van der Waals surface area contributed by atoms with Crippen LogP contribution in [0.5, 0.6) is 5.75 Å². The maximum absolute atomic E-state index is 12.5. The first-order valence-corrected chi connectivity index (χ1v) is 7.02. The fraction of sp³-hybridized carbons (Fsp3) is 0.133. The largest absolute Gasteiger partial charge is 0.573 e. The fourth-order valence-electron chi connectivity index (χ4n) is 1.84. The van der Waals surface area contributed by atoms with Gasteiger partial charge in [-0.3, -0.25) is 4.79 Å². The predicted octanol–water partition coefficient (Wildman–Crippen LogP) is 4.73. The Labute approximate surface area is 133 Å². The Kier molecular flexibility index (Phi) is 4.55. The van der Waals surface area contributed by atoms with Gasteiger partial charge in [0.05, 0.1) is 5.56 Å². The molecule has 0 N–H and O–H groups in total. The molecule has 0 spiro atoms. The van der Waals surface area contributed by atoms with Gasteiger partial charge in [-0.05, 0) is 53.3 Å². The lowest BCUT2D eigenvalue weighted by atomic mass is 10.0. The Hall–Kier alpha value is -1.57. The highest BCUT2D eigenvalue weighted by atomic mass is 127. The van der Waals surface area contributed by atoms with Gasteiger partial charge in [0.15, 0.2) is 5.78 Å². The van der Waals surface area contributed by atoms with Crippen LogP contribution >= 0.6 is 22.6 Å². The molecule has 2 nitrogen and oxygen atoms in total. The second-order valence-electron chi connectivity index (χ2n) is 4.31. The summed E-state index contributed by atoms with van der Waals surface area (Å²) in [5, 5.41) is 0. The summed E-state index contributed by atoms with van der Waals surface area (Å²) in [6.07, 6.45) is -4.84. The number of hydrogen-bond donors (Lipinski definition) is 0. The van der Waals surface area contributed by atoms with Gasteiger partial charge in [0.2, 0.25) is 0 Å². The Morgan fingerprint density at radius 2 is 1.67 bits per heavy atom. The van der Waals surface area contributed by atoms with Crippen molar-refractivity contribution in [1.29, 1.82) is 0 Å². The Bertz CT molecular complexity index is 681. The molecule has 0 saturated carbocycles. The molecular weight excluding hydrogens is 396 g/mol. The number of carbonyl (C=O) groups is 1. The van der Waals surface area contributed by atoms with E-state index in [-0.39, 0.29) is 5.56 Å². The fourth-order valence-corrected chi connectivity index (χ4v) is 2.44. The number of ether oxygens (including phenoxy) is 1.